The monoisotopic (exact) mass is 248 g/mol. The number of rotatable bonds is 2. The molecule has 0 spiro atoms. The molecule has 0 aliphatic carbocycles. The summed E-state index contributed by atoms with van der Waals surface area (Å²) in [7, 11) is 0. The lowest BCUT2D eigenvalue weighted by Crippen LogP contribution is -2.56. The number of hydrogen-bond donors (Lipinski definition) is 1. The van der Waals surface area contributed by atoms with Crippen LogP contribution in [0.2, 0.25) is 0 Å². The van der Waals surface area contributed by atoms with Crippen molar-refractivity contribution in [1.82, 2.24) is 10.2 Å². The lowest BCUT2D eigenvalue weighted by Gasteiger charge is -2.36. The van der Waals surface area contributed by atoms with E-state index in [-0.39, 0.29) is 12.1 Å². The van der Waals surface area contributed by atoms with Crippen LogP contribution >= 0.6 is 0 Å². The standard InChI is InChI=1S/C14H20N2O2/c1-11-9-16(12(2)8-15-11)14(17)18-10-13-6-4-3-5-7-13/h3-7,11-12,15H,8-10H2,1-2H3/t11-,12+/m0/s1. The van der Waals surface area contributed by atoms with Crippen molar-refractivity contribution in [3.63, 3.8) is 0 Å². The molecule has 0 radical (unpaired) electrons. The maximum Gasteiger partial charge on any atom is 0.410 e. The van der Waals surface area contributed by atoms with E-state index >= 15 is 0 Å². The Kier molecular flexibility index (Phi) is 4.20. The number of hydrogen-bond acceptors (Lipinski definition) is 3. The van der Waals surface area contributed by atoms with Crippen LogP contribution in [-0.2, 0) is 11.3 Å². The number of carbonyl (C=O) groups excluding carboxylic acids is 1. The number of carbonyl (C=O) groups is 1. The van der Waals surface area contributed by atoms with Gasteiger partial charge in [-0.2, -0.15) is 0 Å². The number of piperazine rings is 1. The van der Waals surface area contributed by atoms with Gasteiger partial charge in [0.05, 0.1) is 0 Å². The summed E-state index contributed by atoms with van der Waals surface area (Å²) in [6.45, 7) is 5.97. The highest BCUT2D eigenvalue weighted by atomic mass is 16.6. The van der Waals surface area contributed by atoms with E-state index in [9.17, 15) is 4.79 Å². The maximum atomic E-state index is 12.0. The van der Waals surface area contributed by atoms with Crippen LogP contribution in [0.15, 0.2) is 30.3 Å². The molecule has 1 fully saturated rings. The van der Waals surface area contributed by atoms with Crippen LogP contribution in [0.25, 0.3) is 0 Å². The van der Waals surface area contributed by atoms with Crippen LogP contribution in [0.5, 0.6) is 0 Å². The summed E-state index contributed by atoms with van der Waals surface area (Å²) in [6.07, 6.45) is -0.222. The lowest BCUT2D eigenvalue weighted by molar-refractivity contribution is 0.0686. The van der Waals surface area contributed by atoms with Crippen LogP contribution in [0.3, 0.4) is 0 Å². The Balaban J connectivity index is 1.87. The highest BCUT2D eigenvalue weighted by molar-refractivity contribution is 5.68. The number of amides is 1. The molecule has 1 saturated heterocycles. The summed E-state index contributed by atoms with van der Waals surface area (Å²) in [6, 6.07) is 10.3. The van der Waals surface area contributed by atoms with Gasteiger partial charge in [0.2, 0.25) is 0 Å². The van der Waals surface area contributed by atoms with E-state index in [4.69, 9.17) is 4.74 Å². The van der Waals surface area contributed by atoms with Crippen molar-refractivity contribution in [2.75, 3.05) is 13.1 Å². The van der Waals surface area contributed by atoms with Gasteiger partial charge in [-0.15, -0.1) is 0 Å². The van der Waals surface area contributed by atoms with Crippen LogP contribution in [0, 0.1) is 0 Å². The molecular formula is C14H20N2O2. The van der Waals surface area contributed by atoms with Crippen LogP contribution < -0.4 is 5.32 Å². The Morgan fingerprint density at radius 3 is 2.83 bits per heavy atom. The largest absolute Gasteiger partial charge is 0.445 e. The normalized spacial score (nSPS) is 23.8. The van der Waals surface area contributed by atoms with Gasteiger partial charge in [-0.05, 0) is 19.4 Å². The second-order valence-electron chi connectivity index (χ2n) is 4.85. The summed E-state index contributed by atoms with van der Waals surface area (Å²) in [5.74, 6) is 0. The van der Waals surface area contributed by atoms with Crippen molar-refractivity contribution >= 4 is 6.09 Å². The topological polar surface area (TPSA) is 41.6 Å². The Labute approximate surface area is 108 Å². The molecular weight excluding hydrogens is 228 g/mol. The number of nitrogens with one attached hydrogen (secondary N) is 1. The Bertz CT molecular complexity index is 394. The third-order valence-corrected chi connectivity index (χ3v) is 3.20. The van der Waals surface area contributed by atoms with Crippen molar-refractivity contribution in [2.45, 2.75) is 32.5 Å². The fourth-order valence-corrected chi connectivity index (χ4v) is 2.08. The van der Waals surface area contributed by atoms with Gasteiger partial charge in [-0.1, -0.05) is 30.3 Å². The van der Waals surface area contributed by atoms with E-state index in [1.807, 2.05) is 37.3 Å². The second-order valence-corrected chi connectivity index (χ2v) is 4.85. The molecule has 1 N–H and O–H groups in total. The molecule has 0 bridgehead atoms. The summed E-state index contributed by atoms with van der Waals surface area (Å²) < 4.78 is 5.35. The zero-order valence-electron chi connectivity index (χ0n) is 10.9. The van der Waals surface area contributed by atoms with E-state index in [0.29, 0.717) is 19.2 Å². The molecule has 2 atom stereocenters. The van der Waals surface area contributed by atoms with Gasteiger partial charge in [-0.25, -0.2) is 4.79 Å². The molecule has 0 aromatic heterocycles. The third kappa shape index (κ3) is 3.23. The highest BCUT2D eigenvalue weighted by Gasteiger charge is 2.27. The van der Waals surface area contributed by atoms with Crippen LogP contribution in [0.1, 0.15) is 19.4 Å². The van der Waals surface area contributed by atoms with Crippen molar-refractivity contribution in [3.8, 4) is 0 Å². The second kappa shape index (κ2) is 5.87. The van der Waals surface area contributed by atoms with E-state index in [2.05, 4.69) is 12.2 Å². The van der Waals surface area contributed by atoms with Gasteiger partial charge < -0.3 is 15.0 Å². The number of ether oxygens (including phenoxy) is 1. The van der Waals surface area contributed by atoms with Gasteiger partial charge in [0, 0.05) is 25.2 Å². The fourth-order valence-electron chi connectivity index (χ4n) is 2.08. The quantitative estimate of drug-likeness (QED) is 0.870. The first-order valence-electron chi connectivity index (χ1n) is 6.37. The molecule has 1 aromatic rings. The first-order valence-corrected chi connectivity index (χ1v) is 6.37. The van der Waals surface area contributed by atoms with Crippen LogP contribution in [-0.4, -0.2) is 36.2 Å². The first kappa shape index (κ1) is 12.9. The summed E-state index contributed by atoms with van der Waals surface area (Å²) in [5, 5.41) is 3.34. The minimum atomic E-state index is -0.222. The molecule has 1 heterocycles. The minimum absolute atomic E-state index is 0.185. The molecule has 1 amide bonds. The van der Waals surface area contributed by atoms with Crippen LogP contribution in [0.4, 0.5) is 4.79 Å². The molecule has 1 aliphatic heterocycles. The van der Waals surface area contributed by atoms with E-state index < -0.39 is 0 Å². The average Bonchev–Trinajstić information content (AvgIpc) is 2.40. The lowest BCUT2D eigenvalue weighted by atomic mass is 10.1. The third-order valence-electron chi connectivity index (χ3n) is 3.20. The molecule has 0 unspecified atom stereocenters. The van der Waals surface area contributed by atoms with Gasteiger partial charge in [0.15, 0.2) is 0 Å². The van der Waals surface area contributed by atoms with Gasteiger partial charge in [0.25, 0.3) is 0 Å². The maximum absolute atomic E-state index is 12.0. The Hall–Kier alpha value is -1.55. The SMILES string of the molecule is C[C@@H]1CN[C@@H](C)CN1C(=O)OCc1ccccc1. The predicted molar refractivity (Wildman–Crippen MR) is 70.3 cm³/mol. The zero-order valence-corrected chi connectivity index (χ0v) is 10.9. The zero-order chi connectivity index (χ0) is 13.0. The number of nitrogens with zero attached hydrogens (tertiary/aromatic N) is 1. The predicted octanol–water partition coefficient (Wildman–Crippen LogP) is 2.01. The van der Waals surface area contributed by atoms with Crippen molar-refractivity contribution < 1.29 is 9.53 Å². The van der Waals surface area contributed by atoms with E-state index in [0.717, 1.165) is 12.1 Å². The summed E-state index contributed by atoms with van der Waals surface area (Å²) in [4.78, 5) is 13.8. The minimum Gasteiger partial charge on any atom is -0.445 e. The summed E-state index contributed by atoms with van der Waals surface area (Å²) >= 11 is 0. The van der Waals surface area contributed by atoms with E-state index in [1.165, 1.54) is 0 Å². The fraction of sp³-hybridized carbons (Fsp3) is 0.500. The Morgan fingerprint density at radius 2 is 2.11 bits per heavy atom. The molecule has 1 aromatic carbocycles. The van der Waals surface area contributed by atoms with Crippen molar-refractivity contribution in [3.05, 3.63) is 35.9 Å². The highest BCUT2D eigenvalue weighted by Crippen LogP contribution is 2.10. The van der Waals surface area contributed by atoms with Crippen molar-refractivity contribution in [1.29, 1.82) is 0 Å². The molecule has 4 heteroatoms. The van der Waals surface area contributed by atoms with Crippen molar-refractivity contribution in [2.24, 2.45) is 0 Å². The molecule has 98 valence electrons. The number of benzene rings is 1. The molecule has 4 nitrogen and oxygen atoms in total. The average molecular weight is 248 g/mol. The van der Waals surface area contributed by atoms with Gasteiger partial charge in [0.1, 0.15) is 6.61 Å². The first-order chi connectivity index (χ1) is 8.66. The molecule has 1 aliphatic rings. The summed E-state index contributed by atoms with van der Waals surface area (Å²) in [5.41, 5.74) is 1.02. The van der Waals surface area contributed by atoms with Gasteiger partial charge in [-0.3, -0.25) is 0 Å². The smallest absolute Gasteiger partial charge is 0.410 e. The Morgan fingerprint density at radius 1 is 1.39 bits per heavy atom. The van der Waals surface area contributed by atoms with Gasteiger partial charge >= 0.3 is 6.09 Å². The molecule has 2 rings (SSSR count). The molecule has 0 saturated carbocycles. The van der Waals surface area contributed by atoms with E-state index in [1.54, 1.807) is 4.90 Å². The molecule has 18 heavy (non-hydrogen) atoms.